The van der Waals surface area contributed by atoms with Gasteiger partial charge in [-0.15, -0.1) is 0 Å². The Morgan fingerprint density at radius 3 is 1.79 bits per heavy atom. The number of hydrogen-bond donors (Lipinski definition) is 0. The fraction of sp³-hybridized carbons (Fsp3) is 0.111. The highest BCUT2D eigenvalue weighted by Gasteiger charge is 2.58. The molecule has 0 amide bonds. The van der Waals surface area contributed by atoms with E-state index >= 15 is 0 Å². The van der Waals surface area contributed by atoms with Crippen LogP contribution < -0.4 is 0 Å². The Morgan fingerprint density at radius 2 is 1.34 bits per heavy atom. The van der Waals surface area contributed by atoms with E-state index < -0.39 is 25.9 Å². The molecule has 0 heterocycles. The Hall–Kier alpha value is -4.28. The van der Waals surface area contributed by atoms with Gasteiger partial charge in [0.15, 0.2) is 10.6 Å². The second-order valence-electron chi connectivity index (χ2n) is 6.12. The quantitative estimate of drug-likeness (QED) is 0.514. The Morgan fingerprint density at radius 1 is 0.793 bits per heavy atom. The van der Waals surface area contributed by atoms with Gasteiger partial charge in [0.2, 0.25) is 0 Å². The zero-order chi connectivity index (χ0) is 21.0. The lowest BCUT2D eigenvalue weighted by molar-refractivity contribution is -1.01. The number of nitrogens with zero attached hydrogens (tertiary/aromatic N) is 5. The van der Waals surface area contributed by atoms with E-state index in [1.165, 1.54) is 18.2 Å². The van der Waals surface area contributed by atoms with Crippen molar-refractivity contribution in [2.45, 2.75) is 12.0 Å². The molecule has 0 radical (unpaired) electrons. The van der Waals surface area contributed by atoms with Crippen molar-refractivity contribution in [3.05, 3.63) is 120 Å². The van der Waals surface area contributed by atoms with Crippen LogP contribution >= 0.6 is 0 Å². The fourth-order valence-corrected chi connectivity index (χ4v) is 3.25. The first-order valence-corrected chi connectivity index (χ1v) is 8.40. The molecular formula is C18H15N5O6. The molecule has 11 heteroatoms. The van der Waals surface area contributed by atoms with Crippen LogP contribution in [-0.4, -0.2) is 25.4 Å². The summed E-state index contributed by atoms with van der Waals surface area (Å²) in [6, 6.07) is 17.1. The highest BCUT2D eigenvalue weighted by atomic mass is 16.8. The van der Waals surface area contributed by atoms with Crippen LogP contribution in [0.15, 0.2) is 78.9 Å². The summed E-state index contributed by atoms with van der Waals surface area (Å²) in [5.41, 5.74) is 0.112. The van der Waals surface area contributed by atoms with Gasteiger partial charge in [0.1, 0.15) is 5.12 Å². The van der Waals surface area contributed by atoms with E-state index in [4.69, 9.17) is 0 Å². The summed E-state index contributed by atoms with van der Waals surface area (Å²) >= 11 is 0. The Labute approximate surface area is 164 Å². The van der Waals surface area contributed by atoms with Crippen molar-refractivity contribution in [2.24, 2.45) is 0 Å². The summed E-state index contributed by atoms with van der Waals surface area (Å²) in [7, 11) is 0. The van der Waals surface area contributed by atoms with Gasteiger partial charge < -0.3 is 0 Å². The largest absolute Gasteiger partial charge is 0.338 e. The van der Waals surface area contributed by atoms with Crippen molar-refractivity contribution in [1.29, 1.82) is 0 Å². The topological polar surface area (TPSA) is 136 Å². The predicted molar refractivity (Wildman–Crippen MR) is 101 cm³/mol. The van der Waals surface area contributed by atoms with Gasteiger partial charge in [-0.3, -0.25) is 0 Å². The molecule has 0 spiro atoms. The SMILES string of the molecule is O=[N+]([O-])N(N([N+](=O)[O-])C1(c2ccccc2)C=CC(c2ccccc2)=CC1)[N+](=O)[O-]. The number of hydrogen-bond acceptors (Lipinski definition) is 6. The lowest BCUT2D eigenvalue weighted by atomic mass is 9.81. The summed E-state index contributed by atoms with van der Waals surface area (Å²) in [6.07, 6.45) is 4.52. The highest BCUT2D eigenvalue weighted by molar-refractivity contribution is 5.75. The molecule has 2 aromatic carbocycles. The van der Waals surface area contributed by atoms with Crippen LogP contribution in [-0.2, 0) is 5.54 Å². The minimum absolute atomic E-state index is 0.0584. The first-order chi connectivity index (χ1) is 13.9. The lowest BCUT2D eigenvalue weighted by Crippen LogP contribution is -2.61. The minimum atomic E-state index is -1.77. The average Bonchev–Trinajstić information content (AvgIpc) is 2.72. The average molecular weight is 397 g/mol. The van der Waals surface area contributed by atoms with Crippen LogP contribution in [0.3, 0.4) is 0 Å². The standard InChI is InChI=1S/C18H15N5O6/c24-21(25)19(20(22(26)27)23(28)29)18(17-9-5-2-6-10-17)13-11-16(12-14-18)15-7-3-1-4-8-15/h1-13H,14H2. The van der Waals surface area contributed by atoms with Crippen molar-refractivity contribution in [3.8, 4) is 0 Å². The maximum atomic E-state index is 11.8. The molecule has 11 nitrogen and oxygen atoms in total. The maximum Gasteiger partial charge on any atom is 0.338 e. The summed E-state index contributed by atoms with van der Waals surface area (Å²) in [5, 5.41) is 29.6. The number of nitro groups is 3. The van der Waals surface area contributed by atoms with Gasteiger partial charge in [-0.05, 0) is 22.8 Å². The number of hydrazine groups is 4. The van der Waals surface area contributed by atoms with Crippen LogP contribution in [0.1, 0.15) is 17.5 Å². The van der Waals surface area contributed by atoms with E-state index in [1.807, 2.05) is 30.3 Å². The molecule has 0 saturated carbocycles. The van der Waals surface area contributed by atoms with Crippen LogP contribution in [0.5, 0.6) is 0 Å². The van der Waals surface area contributed by atoms with Gasteiger partial charge in [0.25, 0.3) is 10.1 Å². The summed E-state index contributed by atoms with van der Waals surface area (Å²) in [6.45, 7) is 0. The van der Waals surface area contributed by atoms with E-state index in [-0.39, 0.29) is 11.5 Å². The fourth-order valence-electron chi connectivity index (χ4n) is 3.25. The van der Waals surface area contributed by atoms with Gasteiger partial charge in [0, 0.05) is 6.42 Å². The van der Waals surface area contributed by atoms with Crippen molar-refractivity contribution in [1.82, 2.24) is 10.3 Å². The molecule has 0 aromatic heterocycles. The third-order valence-corrected chi connectivity index (χ3v) is 4.53. The van der Waals surface area contributed by atoms with Crippen molar-refractivity contribution in [2.75, 3.05) is 0 Å². The lowest BCUT2D eigenvalue weighted by Gasteiger charge is -2.34. The maximum absolute atomic E-state index is 11.8. The molecule has 1 aliphatic carbocycles. The van der Waals surface area contributed by atoms with Crippen molar-refractivity contribution in [3.63, 3.8) is 0 Å². The molecule has 29 heavy (non-hydrogen) atoms. The monoisotopic (exact) mass is 397 g/mol. The Kier molecular flexibility index (Phi) is 5.21. The van der Waals surface area contributed by atoms with Gasteiger partial charge in [-0.2, -0.15) is 0 Å². The summed E-state index contributed by atoms with van der Waals surface area (Å²) < 4.78 is 0. The molecule has 0 N–H and O–H groups in total. The second kappa shape index (κ2) is 7.76. The molecule has 0 fully saturated rings. The van der Waals surface area contributed by atoms with E-state index in [0.29, 0.717) is 5.56 Å². The first kappa shape index (κ1) is 19.5. The molecule has 148 valence electrons. The third-order valence-electron chi connectivity index (χ3n) is 4.53. The van der Waals surface area contributed by atoms with Gasteiger partial charge in [-0.25, -0.2) is 30.3 Å². The third kappa shape index (κ3) is 3.60. The van der Waals surface area contributed by atoms with Gasteiger partial charge in [0.05, 0.1) is 0 Å². The van der Waals surface area contributed by atoms with Gasteiger partial charge >= 0.3 is 5.23 Å². The number of benzene rings is 2. The van der Waals surface area contributed by atoms with Gasteiger partial charge in [-0.1, -0.05) is 72.8 Å². The van der Waals surface area contributed by atoms with E-state index in [0.717, 1.165) is 11.1 Å². The van der Waals surface area contributed by atoms with Crippen LogP contribution in [0.2, 0.25) is 0 Å². The molecule has 1 unspecified atom stereocenters. The molecule has 0 aliphatic heterocycles. The van der Waals surface area contributed by atoms with Crippen molar-refractivity contribution >= 4 is 5.57 Å². The molecule has 0 saturated heterocycles. The van der Waals surface area contributed by atoms with Crippen LogP contribution in [0.4, 0.5) is 0 Å². The normalized spacial score (nSPS) is 17.9. The van der Waals surface area contributed by atoms with Crippen LogP contribution in [0, 0.1) is 30.3 Å². The number of rotatable bonds is 7. The smallest absolute Gasteiger partial charge is 0.233 e. The van der Waals surface area contributed by atoms with E-state index in [1.54, 1.807) is 30.4 Å². The molecule has 1 atom stereocenters. The van der Waals surface area contributed by atoms with E-state index in [2.05, 4.69) is 0 Å². The Bertz CT molecular complexity index is 980. The molecule has 2 aromatic rings. The van der Waals surface area contributed by atoms with Crippen LogP contribution in [0.25, 0.3) is 5.57 Å². The highest BCUT2D eigenvalue weighted by Crippen LogP contribution is 2.40. The minimum Gasteiger partial charge on any atom is -0.233 e. The second-order valence-corrected chi connectivity index (χ2v) is 6.12. The van der Waals surface area contributed by atoms with Crippen molar-refractivity contribution < 1.29 is 15.1 Å². The molecular weight excluding hydrogens is 382 g/mol. The zero-order valence-electron chi connectivity index (χ0n) is 14.9. The number of allylic oxidation sites excluding steroid dienone is 2. The Balaban J connectivity index is 2.15. The summed E-state index contributed by atoms with van der Waals surface area (Å²) in [5.74, 6) is 0. The molecule has 0 bridgehead atoms. The molecule has 1 aliphatic rings. The molecule has 3 rings (SSSR count). The van der Waals surface area contributed by atoms with E-state index in [9.17, 15) is 30.3 Å². The zero-order valence-corrected chi connectivity index (χ0v) is 14.9. The predicted octanol–water partition coefficient (Wildman–Crippen LogP) is 3.02. The first-order valence-electron chi connectivity index (χ1n) is 8.40. The summed E-state index contributed by atoms with van der Waals surface area (Å²) in [4.78, 5) is 34.4.